The van der Waals surface area contributed by atoms with Crippen molar-refractivity contribution in [1.82, 2.24) is 15.2 Å². The maximum absolute atomic E-state index is 5.14. The highest BCUT2D eigenvalue weighted by molar-refractivity contribution is 5.60. The number of hydrogen-bond donors (Lipinski definition) is 0. The maximum atomic E-state index is 5.14. The Hall–Kier alpha value is -2.09. The molecule has 0 unspecified atom stereocenters. The average molecular weight is 406 g/mol. The van der Waals surface area contributed by atoms with Crippen LogP contribution < -0.4 is 33.3 Å². The van der Waals surface area contributed by atoms with E-state index in [9.17, 15) is 0 Å². The Balaban J connectivity index is 0.00000176. The van der Waals surface area contributed by atoms with Crippen LogP contribution in [0.15, 0.2) is 55.0 Å². The van der Waals surface area contributed by atoms with E-state index in [0.717, 1.165) is 22.6 Å². The number of pyridine rings is 1. The Morgan fingerprint density at radius 2 is 1.59 bits per heavy atom. The molecule has 0 amide bonds. The number of benzene rings is 1. The molecule has 0 aliphatic carbocycles. The molecule has 0 fully saturated rings. The van der Waals surface area contributed by atoms with Gasteiger partial charge in [0.05, 0.1) is 13.3 Å². The van der Waals surface area contributed by atoms with E-state index in [1.165, 1.54) is 0 Å². The van der Waals surface area contributed by atoms with Gasteiger partial charge in [-0.25, -0.2) is 9.55 Å². The van der Waals surface area contributed by atoms with Crippen molar-refractivity contribution in [3.63, 3.8) is 0 Å². The third-order valence-corrected chi connectivity index (χ3v) is 3.18. The van der Waals surface area contributed by atoms with Crippen molar-refractivity contribution < 1.29 is 33.3 Å². The Morgan fingerprint density at radius 1 is 0.909 bits per heavy atom. The predicted octanol–water partition coefficient (Wildman–Crippen LogP) is -0.957. The maximum Gasteiger partial charge on any atom is 0.182 e. The van der Waals surface area contributed by atoms with Crippen molar-refractivity contribution in [3.05, 3.63) is 55.0 Å². The average Bonchev–Trinajstić information content (AvgIpc) is 2.56. The third kappa shape index (κ3) is 3.56. The Kier molecular flexibility index (Phi) is 5.37. The SMILES string of the molecule is COc1ccc(-c2cnc(-c3cc[n+](C)cc3)nn2)cc1.[I-]. The summed E-state index contributed by atoms with van der Waals surface area (Å²) in [7, 11) is 3.61. The lowest BCUT2D eigenvalue weighted by atomic mass is 10.1. The summed E-state index contributed by atoms with van der Waals surface area (Å²) in [6.45, 7) is 0. The van der Waals surface area contributed by atoms with Crippen LogP contribution in [0, 0.1) is 0 Å². The summed E-state index contributed by atoms with van der Waals surface area (Å²) in [4.78, 5) is 4.38. The van der Waals surface area contributed by atoms with Crippen LogP contribution in [0.3, 0.4) is 0 Å². The van der Waals surface area contributed by atoms with Gasteiger partial charge in [0, 0.05) is 23.3 Å². The van der Waals surface area contributed by atoms with Crippen LogP contribution >= 0.6 is 0 Å². The predicted molar refractivity (Wildman–Crippen MR) is 78.4 cm³/mol. The fraction of sp³-hybridized carbons (Fsp3) is 0.125. The molecule has 0 bridgehead atoms. The van der Waals surface area contributed by atoms with Gasteiger partial charge < -0.3 is 28.7 Å². The van der Waals surface area contributed by atoms with Crippen molar-refractivity contribution in [1.29, 1.82) is 0 Å². The van der Waals surface area contributed by atoms with Crippen LogP contribution in [0.5, 0.6) is 5.75 Å². The minimum Gasteiger partial charge on any atom is -1.00 e. The van der Waals surface area contributed by atoms with Crippen molar-refractivity contribution >= 4 is 0 Å². The van der Waals surface area contributed by atoms with Gasteiger partial charge in [0.25, 0.3) is 0 Å². The summed E-state index contributed by atoms with van der Waals surface area (Å²) in [6.07, 6.45) is 5.64. The summed E-state index contributed by atoms with van der Waals surface area (Å²) < 4.78 is 7.10. The molecule has 3 rings (SSSR count). The van der Waals surface area contributed by atoms with Gasteiger partial charge in [-0.2, -0.15) is 0 Å². The number of ether oxygens (including phenoxy) is 1. The lowest BCUT2D eigenvalue weighted by molar-refractivity contribution is -0.671. The van der Waals surface area contributed by atoms with Crippen LogP contribution in [-0.2, 0) is 7.05 Å². The molecule has 22 heavy (non-hydrogen) atoms. The summed E-state index contributed by atoms with van der Waals surface area (Å²) in [5.41, 5.74) is 2.64. The lowest BCUT2D eigenvalue weighted by Gasteiger charge is -2.03. The summed E-state index contributed by atoms with van der Waals surface area (Å²) >= 11 is 0. The van der Waals surface area contributed by atoms with Crippen LogP contribution in [0.1, 0.15) is 0 Å². The Bertz CT molecular complexity index is 728. The number of nitrogens with zero attached hydrogens (tertiary/aromatic N) is 4. The first-order valence-electron chi connectivity index (χ1n) is 6.56. The molecule has 1 aromatic carbocycles. The van der Waals surface area contributed by atoms with E-state index < -0.39 is 0 Å². The number of hydrogen-bond acceptors (Lipinski definition) is 4. The minimum atomic E-state index is 0. The second-order valence-electron chi connectivity index (χ2n) is 4.65. The van der Waals surface area contributed by atoms with Crippen molar-refractivity contribution in [2.24, 2.45) is 7.05 Å². The molecule has 6 heteroatoms. The number of rotatable bonds is 3. The first-order chi connectivity index (χ1) is 10.3. The molecule has 0 spiro atoms. The molecule has 0 saturated heterocycles. The largest absolute Gasteiger partial charge is 1.00 e. The van der Waals surface area contributed by atoms with Crippen LogP contribution in [0.2, 0.25) is 0 Å². The molecule has 2 aromatic heterocycles. The first-order valence-corrected chi connectivity index (χ1v) is 6.56. The molecule has 0 N–H and O–H groups in total. The van der Waals surface area contributed by atoms with E-state index in [4.69, 9.17) is 4.74 Å². The number of aryl methyl sites for hydroxylation is 1. The molecule has 5 nitrogen and oxygen atoms in total. The zero-order valence-corrected chi connectivity index (χ0v) is 14.4. The van der Waals surface area contributed by atoms with Crippen molar-refractivity contribution in [3.8, 4) is 28.4 Å². The quantitative estimate of drug-likeness (QED) is 0.416. The van der Waals surface area contributed by atoms with E-state index in [0.29, 0.717) is 5.82 Å². The number of methoxy groups -OCH3 is 1. The molecular formula is C16H15IN4O. The molecule has 0 radical (unpaired) electrons. The fourth-order valence-corrected chi connectivity index (χ4v) is 1.95. The van der Waals surface area contributed by atoms with E-state index in [1.807, 2.05) is 60.4 Å². The molecule has 3 aromatic rings. The van der Waals surface area contributed by atoms with E-state index in [-0.39, 0.29) is 24.0 Å². The highest BCUT2D eigenvalue weighted by Gasteiger charge is 2.06. The van der Waals surface area contributed by atoms with E-state index in [2.05, 4.69) is 15.2 Å². The second-order valence-corrected chi connectivity index (χ2v) is 4.65. The zero-order chi connectivity index (χ0) is 14.7. The van der Waals surface area contributed by atoms with Gasteiger partial charge in [-0.3, -0.25) is 0 Å². The Labute approximate surface area is 146 Å². The number of aromatic nitrogens is 4. The van der Waals surface area contributed by atoms with Crippen LogP contribution in [0.4, 0.5) is 0 Å². The molecule has 0 aliphatic heterocycles. The van der Waals surface area contributed by atoms with Crippen LogP contribution in [0.25, 0.3) is 22.6 Å². The van der Waals surface area contributed by atoms with Gasteiger partial charge in [-0.1, -0.05) is 0 Å². The van der Waals surface area contributed by atoms with Gasteiger partial charge in [0.2, 0.25) is 0 Å². The summed E-state index contributed by atoms with van der Waals surface area (Å²) in [6, 6.07) is 11.6. The zero-order valence-electron chi connectivity index (χ0n) is 12.3. The molecule has 0 atom stereocenters. The second kappa shape index (κ2) is 7.26. The van der Waals surface area contributed by atoms with Gasteiger partial charge >= 0.3 is 0 Å². The van der Waals surface area contributed by atoms with E-state index >= 15 is 0 Å². The van der Waals surface area contributed by atoms with Gasteiger partial charge in [-0.15, -0.1) is 10.2 Å². The molecule has 2 heterocycles. The summed E-state index contributed by atoms with van der Waals surface area (Å²) in [5.74, 6) is 1.43. The molecular weight excluding hydrogens is 391 g/mol. The van der Waals surface area contributed by atoms with Crippen LogP contribution in [-0.4, -0.2) is 22.3 Å². The monoisotopic (exact) mass is 406 g/mol. The Morgan fingerprint density at radius 3 is 2.14 bits per heavy atom. The van der Waals surface area contributed by atoms with Crippen molar-refractivity contribution in [2.45, 2.75) is 0 Å². The van der Waals surface area contributed by atoms with Gasteiger partial charge in [-0.05, 0) is 24.3 Å². The fourth-order valence-electron chi connectivity index (χ4n) is 1.95. The van der Waals surface area contributed by atoms with E-state index in [1.54, 1.807) is 13.3 Å². The molecule has 0 saturated carbocycles. The normalized spacial score (nSPS) is 9.91. The summed E-state index contributed by atoms with van der Waals surface area (Å²) in [5, 5.41) is 8.44. The highest BCUT2D eigenvalue weighted by atomic mass is 127. The van der Waals surface area contributed by atoms with Gasteiger partial charge in [0.15, 0.2) is 18.2 Å². The topological polar surface area (TPSA) is 51.8 Å². The minimum absolute atomic E-state index is 0. The first kappa shape index (κ1) is 16.3. The van der Waals surface area contributed by atoms with Gasteiger partial charge in [0.1, 0.15) is 18.5 Å². The third-order valence-electron chi connectivity index (χ3n) is 3.18. The highest BCUT2D eigenvalue weighted by Crippen LogP contribution is 2.20. The molecule has 0 aliphatic rings. The number of halogens is 1. The smallest absolute Gasteiger partial charge is 0.182 e. The van der Waals surface area contributed by atoms with Crippen molar-refractivity contribution in [2.75, 3.05) is 7.11 Å². The lowest BCUT2D eigenvalue weighted by Crippen LogP contribution is -3.00. The molecule has 112 valence electrons. The standard InChI is InChI=1S/C16H15N4O.HI/c1-20-9-7-13(8-10-20)16-17-11-15(18-19-16)12-3-5-14(21-2)6-4-12;/h3-11H,1-2H3;1H/q+1;/p-1.